The summed E-state index contributed by atoms with van der Waals surface area (Å²) in [6.07, 6.45) is 5.23. The molecule has 0 spiro atoms. The van der Waals surface area contributed by atoms with Crippen molar-refractivity contribution in [2.45, 2.75) is 44.2 Å². The van der Waals surface area contributed by atoms with Gasteiger partial charge in [0.1, 0.15) is 5.82 Å². The zero-order valence-corrected chi connectivity index (χ0v) is 8.53. The van der Waals surface area contributed by atoms with E-state index in [2.05, 4.69) is 15.4 Å². The van der Waals surface area contributed by atoms with Crippen LogP contribution >= 0.6 is 0 Å². The van der Waals surface area contributed by atoms with Crippen LogP contribution in [0.25, 0.3) is 0 Å². The number of hydrogen-bond acceptors (Lipinski definition) is 3. The van der Waals surface area contributed by atoms with Crippen LogP contribution in [0.4, 0.5) is 0 Å². The zero-order chi connectivity index (χ0) is 9.54. The maximum atomic E-state index is 4.56. The van der Waals surface area contributed by atoms with Gasteiger partial charge in [0, 0.05) is 19.0 Å². The van der Waals surface area contributed by atoms with Crippen molar-refractivity contribution in [1.82, 2.24) is 20.1 Å². The van der Waals surface area contributed by atoms with Crippen LogP contribution in [0.2, 0.25) is 0 Å². The second kappa shape index (κ2) is 3.05. The van der Waals surface area contributed by atoms with E-state index < -0.39 is 0 Å². The third-order valence-electron chi connectivity index (χ3n) is 2.91. The molecular formula is C10H16N4. The van der Waals surface area contributed by atoms with E-state index >= 15 is 0 Å². The van der Waals surface area contributed by atoms with Crippen molar-refractivity contribution < 1.29 is 0 Å². The first-order valence-electron chi connectivity index (χ1n) is 5.46. The minimum Gasteiger partial charge on any atom is -0.307 e. The molecule has 2 fully saturated rings. The molecule has 0 radical (unpaired) electrons. The Labute approximate surface area is 83.7 Å². The summed E-state index contributed by atoms with van der Waals surface area (Å²) < 4.78 is 1.95. The van der Waals surface area contributed by atoms with Crippen molar-refractivity contribution in [3.05, 3.63) is 11.6 Å². The fourth-order valence-electron chi connectivity index (χ4n) is 1.75. The Kier molecular flexibility index (Phi) is 1.83. The Morgan fingerprint density at radius 3 is 2.79 bits per heavy atom. The first kappa shape index (κ1) is 8.41. The van der Waals surface area contributed by atoms with E-state index in [1.54, 1.807) is 0 Å². The predicted octanol–water partition coefficient (Wildman–Crippen LogP) is 0.944. The van der Waals surface area contributed by atoms with Crippen LogP contribution in [0.5, 0.6) is 0 Å². The molecule has 0 aliphatic heterocycles. The van der Waals surface area contributed by atoms with E-state index in [0.29, 0.717) is 5.92 Å². The molecule has 1 heterocycles. The van der Waals surface area contributed by atoms with Crippen LogP contribution in [-0.4, -0.2) is 20.8 Å². The molecule has 1 aromatic rings. The Bertz CT molecular complexity index is 336. The predicted molar refractivity (Wildman–Crippen MR) is 52.8 cm³/mol. The second-order valence-electron chi connectivity index (χ2n) is 4.44. The molecule has 0 saturated heterocycles. The summed E-state index contributed by atoms with van der Waals surface area (Å²) >= 11 is 0. The van der Waals surface area contributed by atoms with Crippen LogP contribution in [0.1, 0.15) is 43.3 Å². The van der Waals surface area contributed by atoms with Gasteiger partial charge >= 0.3 is 0 Å². The molecule has 0 aromatic carbocycles. The van der Waals surface area contributed by atoms with Gasteiger partial charge in [-0.05, 0) is 25.7 Å². The first-order valence-corrected chi connectivity index (χ1v) is 5.46. The summed E-state index contributed by atoms with van der Waals surface area (Å²) in [4.78, 5) is 4.56. The van der Waals surface area contributed by atoms with E-state index in [4.69, 9.17) is 0 Å². The molecule has 2 saturated carbocycles. The van der Waals surface area contributed by atoms with Crippen LogP contribution in [0.3, 0.4) is 0 Å². The molecule has 1 N–H and O–H groups in total. The van der Waals surface area contributed by atoms with Gasteiger partial charge in [-0.15, -0.1) is 0 Å². The summed E-state index contributed by atoms with van der Waals surface area (Å²) in [5, 5.41) is 7.85. The molecule has 3 rings (SSSR count). The molecule has 0 atom stereocenters. The second-order valence-corrected chi connectivity index (χ2v) is 4.44. The highest BCUT2D eigenvalue weighted by Crippen LogP contribution is 2.38. The summed E-state index contributed by atoms with van der Waals surface area (Å²) in [5.41, 5.74) is 0. The molecule has 4 heteroatoms. The number of rotatable bonds is 4. The molecule has 76 valence electrons. The molecule has 0 unspecified atom stereocenters. The van der Waals surface area contributed by atoms with Gasteiger partial charge in [-0.3, -0.25) is 4.68 Å². The SMILES string of the molecule is Cn1nc(CNC2CC2)nc1C1CC1. The Balaban J connectivity index is 1.67. The molecule has 2 aliphatic rings. The summed E-state index contributed by atoms with van der Waals surface area (Å²) in [6.45, 7) is 0.839. The standard InChI is InChI=1S/C10H16N4/c1-14-10(7-2-3-7)12-9(13-14)6-11-8-4-5-8/h7-8,11H,2-6H2,1H3. The third kappa shape index (κ3) is 1.66. The quantitative estimate of drug-likeness (QED) is 0.772. The van der Waals surface area contributed by atoms with Crippen LogP contribution in [-0.2, 0) is 13.6 Å². The van der Waals surface area contributed by atoms with Gasteiger partial charge in [0.25, 0.3) is 0 Å². The van der Waals surface area contributed by atoms with Gasteiger partial charge in [0.2, 0.25) is 0 Å². The maximum Gasteiger partial charge on any atom is 0.164 e. The fraction of sp³-hybridized carbons (Fsp3) is 0.800. The molecule has 2 aliphatic carbocycles. The van der Waals surface area contributed by atoms with Crippen molar-refractivity contribution in [1.29, 1.82) is 0 Å². The molecule has 0 bridgehead atoms. The van der Waals surface area contributed by atoms with Crippen molar-refractivity contribution in [3.63, 3.8) is 0 Å². The molecule has 1 aromatic heterocycles. The molecular weight excluding hydrogens is 176 g/mol. The largest absolute Gasteiger partial charge is 0.307 e. The van der Waals surface area contributed by atoms with Crippen LogP contribution in [0.15, 0.2) is 0 Å². The first-order chi connectivity index (χ1) is 6.83. The number of aromatic nitrogens is 3. The highest BCUT2D eigenvalue weighted by Gasteiger charge is 2.29. The highest BCUT2D eigenvalue weighted by molar-refractivity contribution is 5.06. The fourth-order valence-corrected chi connectivity index (χ4v) is 1.75. The van der Waals surface area contributed by atoms with E-state index in [0.717, 1.165) is 18.4 Å². The number of nitrogens with one attached hydrogen (secondary N) is 1. The van der Waals surface area contributed by atoms with E-state index in [-0.39, 0.29) is 0 Å². The van der Waals surface area contributed by atoms with Crippen LogP contribution in [0, 0.1) is 0 Å². The monoisotopic (exact) mass is 192 g/mol. The van der Waals surface area contributed by atoms with E-state index in [9.17, 15) is 0 Å². The van der Waals surface area contributed by atoms with Gasteiger partial charge in [-0.25, -0.2) is 4.98 Å². The van der Waals surface area contributed by atoms with Crippen molar-refractivity contribution in [3.8, 4) is 0 Å². The van der Waals surface area contributed by atoms with E-state index in [1.165, 1.54) is 31.5 Å². The topological polar surface area (TPSA) is 42.7 Å². The van der Waals surface area contributed by atoms with Crippen LogP contribution < -0.4 is 5.32 Å². The zero-order valence-electron chi connectivity index (χ0n) is 8.53. The summed E-state index contributed by atoms with van der Waals surface area (Å²) in [6, 6.07) is 0.739. The molecule has 0 amide bonds. The minimum atomic E-state index is 0.696. The van der Waals surface area contributed by atoms with Gasteiger partial charge in [0.05, 0.1) is 6.54 Å². The Hall–Kier alpha value is -0.900. The van der Waals surface area contributed by atoms with Crippen molar-refractivity contribution in [2.75, 3.05) is 0 Å². The van der Waals surface area contributed by atoms with Crippen molar-refractivity contribution >= 4 is 0 Å². The van der Waals surface area contributed by atoms with Crippen molar-refractivity contribution in [2.24, 2.45) is 7.05 Å². The summed E-state index contributed by atoms with van der Waals surface area (Å²) in [7, 11) is 2.00. The van der Waals surface area contributed by atoms with Gasteiger partial charge in [-0.2, -0.15) is 5.10 Å². The highest BCUT2D eigenvalue weighted by atomic mass is 15.3. The smallest absolute Gasteiger partial charge is 0.164 e. The minimum absolute atomic E-state index is 0.696. The lowest BCUT2D eigenvalue weighted by molar-refractivity contribution is 0.642. The Morgan fingerprint density at radius 2 is 2.14 bits per heavy atom. The normalized spacial score (nSPS) is 21.5. The van der Waals surface area contributed by atoms with Gasteiger partial charge in [-0.1, -0.05) is 0 Å². The maximum absolute atomic E-state index is 4.56. The number of hydrogen-bond donors (Lipinski definition) is 1. The number of nitrogens with zero attached hydrogens (tertiary/aromatic N) is 3. The lowest BCUT2D eigenvalue weighted by Crippen LogP contribution is -2.16. The van der Waals surface area contributed by atoms with Gasteiger partial charge in [0.15, 0.2) is 5.82 Å². The molecule has 4 nitrogen and oxygen atoms in total. The Morgan fingerprint density at radius 1 is 1.36 bits per heavy atom. The van der Waals surface area contributed by atoms with E-state index in [1.807, 2.05) is 11.7 Å². The average Bonchev–Trinajstić information content (AvgIpc) is 3.04. The summed E-state index contributed by atoms with van der Waals surface area (Å²) in [5.74, 6) is 2.83. The lowest BCUT2D eigenvalue weighted by atomic mass is 10.4. The number of aryl methyl sites for hydroxylation is 1. The lowest BCUT2D eigenvalue weighted by Gasteiger charge is -1.95. The van der Waals surface area contributed by atoms with Gasteiger partial charge < -0.3 is 5.32 Å². The third-order valence-corrected chi connectivity index (χ3v) is 2.91. The average molecular weight is 192 g/mol. The molecule has 14 heavy (non-hydrogen) atoms.